The molecule has 2 rings (SSSR count). The van der Waals surface area contributed by atoms with Gasteiger partial charge < -0.3 is 9.47 Å². The summed E-state index contributed by atoms with van der Waals surface area (Å²) in [6.07, 6.45) is 3.49. The molecule has 1 aromatic rings. The van der Waals surface area contributed by atoms with Crippen LogP contribution in [0.25, 0.3) is 0 Å². The van der Waals surface area contributed by atoms with Crippen molar-refractivity contribution in [1.82, 2.24) is 9.97 Å². The second-order valence-corrected chi connectivity index (χ2v) is 4.86. The van der Waals surface area contributed by atoms with Gasteiger partial charge in [-0.2, -0.15) is 0 Å². The highest BCUT2D eigenvalue weighted by atomic mass is 35.5. The molecule has 5 heteroatoms. The smallest absolute Gasteiger partial charge is 0.216 e. The van der Waals surface area contributed by atoms with Crippen LogP contribution in [0.15, 0.2) is 12.4 Å². The lowest BCUT2D eigenvalue weighted by molar-refractivity contribution is 0.105. The van der Waals surface area contributed by atoms with Crippen LogP contribution in [0.5, 0.6) is 5.88 Å². The number of ether oxygens (including phenoxy) is 2. The molecule has 1 fully saturated rings. The molecule has 1 saturated heterocycles. The minimum absolute atomic E-state index is 0.0482. The summed E-state index contributed by atoms with van der Waals surface area (Å²) in [7, 11) is 1.59. The van der Waals surface area contributed by atoms with E-state index in [0.29, 0.717) is 11.8 Å². The first kappa shape index (κ1) is 12.6. The van der Waals surface area contributed by atoms with Gasteiger partial charge in [-0.3, -0.25) is 0 Å². The molecule has 1 aliphatic rings. The SMILES string of the molecule is COc1cc(CC(Cl)C2CCOC2C)ncn1. The van der Waals surface area contributed by atoms with Gasteiger partial charge >= 0.3 is 0 Å². The number of hydrogen-bond donors (Lipinski definition) is 0. The molecule has 2 heterocycles. The Kier molecular flexibility index (Phi) is 4.18. The van der Waals surface area contributed by atoms with Crippen LogP contribution in [0.2, 0.25) is 0 Å². The van der Waals surface area contributed by atoms with Crippen molar-refractivity contribution in [2.75, 3.05) is 13.7 Å². The quantitative estimate of drug-likeness (QED) is 0.774. The average Bonchev–Trinajstić information content (AvgIpc) is 2.76. The number of methoxy groups -OCH3 is 1. The molecule has 3 unspecified atom stereocenters. The summed E-state index contributed by atoms with van der Waals surface area (Å²) < 4.78 is 10.6. The van der Waals surface area contributed by atoms with E-state index in [-0.39, 0.29) is 11.5 Å². The van der Waals surface area contributed by atoms with E-state index in [2.05, 4.69) is 16.9 Å². The molecule has 0 bridgehead atoms. The van der Waals surface area contributed by atoms with Gasteiger partial charge in [0, 0.05) is 36.1 Å². The van der Waals surface area contributed by atoms with Crippen LogP contribution in [0.3, 0.4) is 0 Å². The lowest BCUT2D eigenvalue weighted by Crippen LogP contribution is -2.24. The van der Waals surface area contributed by atoms with Crippen LogP contribution in [0.4, 0.5) is 0 Å². The molecule has 3 atom stereocenters. The minimum Gasteiger partial charge on any atom is -0.481 e. The van der Waals surface area contributed by atoms with Crippen LogP contribution in [-0.2, 0) is 11.2 Å². The lowest BCUT2D eigenvalue weighted by atomic mass is 9.95. The normalized spacial score (nSPS) is 25.8. The maximum absolute atomic E-state index is 6.43. The highest BCUT2D eigenvalue weighted by molar-refractivity contribution is 6.21. The number of alkyl halides is 1. The van der Waals surface area contributed by atoms with Crippen molar-refractivity contribution in [3.8, 4) is 5.88 Å². The third-order valence-corrected chi connectivity index (χ3v) is 3.69. The molecule has 0 saturated carbocycles. The summed E-state index contributed by atoms with van der Waals surface area (Å²) in [4.78, 5) is 8.18. The second kappa shape index (κ2) is 5.65. The van der Waals surface area contributed by atoms with E-state index < -0.39 is 0 Å². The summed E-state index contributed by atoms with van der Waals surface area (Å²) in [6.45, 7) is 2.88. The maximum atomic E-state index is 6.43. The van der Waals surface area contributed by atoms with Crippen molar-refractivity contribution in [2.24, 2.45) is 5.92 Å². The van der Waals surface area contributed by atoms with E-state index in [1.165, 1.54) is 6.33 Å². The number of aromatic nitrogens is 2. The summed E-state index contributed by atoms with van der Waals surface area (Å²) >= 11 is 6.43. The second-order valence-electron chi connectivity index (χ2n) is 4.30. The van der Waals surface area contributed by atoms with Crippen LogP contribution < -0.4 is 4.74 Å². The standard InChI is InChI=1S/C12H17ClN2O2/c1-8-10(3-4-17-8)11(13)5-9-6-12(16-2)15-7-14-9/h6-8,10-11H,3-5H2,1-2H3. The van der Waals surface area contributed by atoms with Gasteiger partial charge in [-0.15, -0.1) is 11.6 Å². The zero-order valence-corrected chi connectivity index (χ0v) is 10.9. The van der Waals surface area contributed by atoms with Crippen molar-refractivity contribution in [2.45, 2.75) is 31.2 Å². The van der Waals surface area contributed by atoms with Gasteiger partial charge in [0.2, 0.25) is 5.88 Å². The van der Waals surface area contributed by atoms with Crippen LogP contribution in [-0.4, -0.2) is 35.2 Å². The molecule has 0 amide bonds. The zero-order chi connectivity index (χ0) is 12.3. The molecular formula is C12H17ClN2O2. The number of nitrogens with zero attached hydrogens (tertiary/aromatic N) is 2. The van der Waals surface area contributed by atoms with Crippen LogP contribution in [0, 0.1) is 5.92 Å². The van der Waals surface area contributed by atoms with Gasteiger partial charge in [0.15, 0.2) is 0 Å². The molecule has 1 aromatic heterocycles. The fourth-order valence-corrected chi connectivity index (χ4v) is 2.66. The minimum atomic E-state index is 0.0482. The Balaban J connectivity index is 1.99. The van der Waals surface area contributed by atoms with Crippen molar-refractivity contribution < 1.29 is 9.47 Å². The largest absolute Gasteiger partial charge is 0.481 e. The van der Waals surface area contributed by atoms with E-state index in [4.69, 9.17) is 21.1 Å². The first-order valence-electron chi connectivity index (χ1n) is 5.81. The van der Waals surface area contributed by atoms with Gasteiger partial charge in [0.05, 0.1) is 13.2 Å². The van der Waals surface area contributed by atoms with E-state index in [1.54, 1.807) is 7.11 Å². The molecule has 0 aliphatic carbocycles. The summed E-state index contributed by atoms with van der Waals surface area (Å²) in [5.74, 6) is 0.979. The topological polar surface area (TPSA) is 44.2 Å². The molecule has 0 aromatic carbocycles. The van der Waals surface area contributed by atoms with Gasteiger partial charge in [-0.05, 0) is 13.3 Å². The van der Waals surface area contributed by atoms with E-state index in [9.17, 15) is 0 Å². The highest BCUT2D eigenvalue weighted by Crippen LogP contribution is 2.29. The van der Waals surface area contributed by atoms with Crippen molar-refractivity contribution in [3.63, 3.8) is 0 Å². The van der Waals surface area contributed by atoms with Crippen LogP contribution >= 0.6 is 11.6 Å². The Morgan fingerprint density at radius 1 is 1.59 bits per heavy atom. The predicted octanol–water partition coefficient (Wildman–Crippen LogP) is 2.06. The number of halogens is 1. The van der Waals surface area contributed by atoms with Gasteiger partial charge in [0.25, 0.3) is 0 Å². The van der Waals surface area contributed by atoms with E-state index >= 15 is 0 Å². The Labute approximate surface area is 106 Å². The van der Waals surface area contributed by atoms with Crippen molar-refractivity contribution in [3.05, 3.63) is 18.1 Å². The van der Waals surface area contributed by atoms with Crippen molar-refractivity contribution >= 4 is 11.6 Å². The Hall–Kier alpha value is -0.870. The molecule has 0 N–H and O–H groups in total. The Morgan fingerprint density at radius 2 is 2.41 bits per heavy atom. The third kappa shape index (κ3) is 3.07. The van der Waals surface area contributed by atoms with Gasteiger partial charge in [-0.1, -0.05) is 0 Å². The van der Waals surface area contributed by atoms with Gasteiger partial charge in [0.1, 0.15) is 6.33 Å². The maximum Gasteiger partial charge on any atom is 0.216 e. The molecule has 17 heavy (non-hydrogen) atoms. The number of rotatable bonds is 4. The fourth-order valence-electron chi connectivity index (χ4n) is 2.17. The molecule has 1 aliphatic heterocycles. The molecule has 94 valence electrons. The highest BCUT2D eigenvalue weighted by Gasteiger charge is 2.30. The number of hydrogen-bond acceptors (Lipinski definition) is 4. The van der Waals surface area contributed by atoms with E-state index in [1.807, 2.05) is 6.07 Å². The van der Waals surface area contributed by atoms with Gasteiger partial charge in [-0.25, -0.2) is 9.97 Å². The zero-order valence-electron chi connectivity index (χ0n) is 10.1. The molecule has 4 nitrogen and oxygen atoms in total. The van der Waals surface area contributed by atoms with Crippen LogP contribution in [0.1, 0.15) is 19.0 Å². The third-order valence-electron chi connectivity index (χ3n) is 3.21. The molecule has 0 spiro atoms. The Morgan fingerprint density at radius 3 is 3.06 bits per heavy atom. The Bertz CT molecular complexity index is 375. The first-order valence-corrected chi connectivity index (χ1v) is 6.25. The summed E-state index contributed by atoms with van der Waals surface area (Å²) in [5, 5.41) is 0.0482. The average molecular weight is 257 g/mol. The predicted molar refractivity (Wildman–Crippen MR) is 65.5 cm³/mol. The lowest BCUT2D eigenvalue weighted by Gasteiger charge is -2.19. The molecule has 0 radical (unpaired) electrons. The fraction of sp³-hybridized carbons (Fsp3) is 0.667. The summed E-state index contributed by atoms with van der Waals surface area (Å²) in [5.41, 5.74) is 0.913. The molecular weight excluding hydrogens is 240 g/mol. The summed E-state index contributed by atoms with van der Waals surface area (Å²) in [6, 6.07) is 1.83. The van der Waals surface area contributed by atoms with E-state index in [0.717, 1.165) is 25.1 Å². The first-order chi connectivity index (χ1) is 8.20. The van der Waals surface area contributed by atoms with Crippen molar-refractivity contribution in [1.29, 1.82) is 0 Å². The monoisotopic (exact) mass is 256 g/mol.